The van der Waals surface area contributed by atoms with Gasteiger partial charge in [0.05, 0.1) is 10.2 Å². The molecule has 1 aliphatic carbocycles. The maximum Gasteiger partial charge on any atom is 0.0952 e. The minimum atomic E-state index is -0.722. The molecule has 0 aromatic heterocycles. The van der Waals surface area contributed by atoms with E-state index in [0.717, 1.165) is 12.8 Å². The third-order valence-corrected chi connectivity index (χ3v) is 5.97. The summed E-state index contributed by atoms with van der Waals surface area (Å²) in [6.07, 6.45) is 6.02. The highest BCUT2D eigenvalue weighted by Crippen LogP contribution is 2.46. The van der Waals surface area contributed by atoms with Gasteiger partial charge in [-0.25, -0.2) is 0 Å². The van der Waals surface area contributed by atoms with Crippen LogP contribution in [-0.4, -0.2) is 34.0 Å². The van der Waals surface area contributed by atoms with Crippen LogP contribution in [0, 0.1) is 0 Å². The Labute approximate surface area is 74.5 Å². The number of hydrogen-bond donors (Lipinski definition) is 0. The summed E-state index contributed by atoms with van der Waals surface area (Å²) in [6, 6.07) is 0. The van der Waals surface area contributed by atoms with Gasteiger partial charge in [0.1, 0.15) is 0 Å². The molecule has 0 saturated heterocycles. The Morgan fingerprint density at radius 1 is 1.64 bits per heavy atom. The van der Waals surface area contributed by atoms with Gasteiger partial charge in [-0.1, -0.05) is 0 Å². The summed E-state index contributed by atoms with van der Waals surface area (Å²) < 4.78 is 16.4. The van der Waals surface area contributed by atoms with E-state index in [9.17, 15) is 4.21 Å². The van der Waals surface area contributed by atoms with Gasteiger partial charge in [-0.15, -0.1) is 11.8 Å². The predicted octanol–water partition coefficient (Wildman–Crippen LogP) is 1.23. The molecule has 1 rings (SSSR count). The smallest absolute Gasteiger partial charge is 0.0952 e. The second kappa shape index (κ2) is 3.46. The summed E-state index contributed by atoms with van der Waals surface area (Å²) >= 11 is 1.71. The number of methoxy groups -OCH3 is 1. The van der Waals surface area contributed by atoms with Crippen molar-refractivity contribution < 1.29 is 8.95 Å². The summed E-state index contributed by atoms with van der Waals surface area (Å²) in [5.41, 5.74) is 0. The summed E-state index contributed by atoms with van der Waals surface area (Å²) in [6.45, 7) is 0. The van der Waals surface area contributed by atoms with Gasteiger partial charge in [0.25, 0.3) is 0 Å². The Morgan fingerprint density at radius 2 is 2.18 bits per heavy atom. The van der Waals surface area contributed by atoms with Crippen molar-refractivity contribution in [3.63, 3.8) is 0 Å². The minimum Gasteiger partial charge on any atom is -0.381 e. The zero-order chi connectivity index (χ0) is 8.48. The van der Waals surface area contributed by atoms with E-state index in [1.165, 1.54) is 0 Å². The van der Waals surface area contributed by atoms with Crippen LogP contribution in [0.4, 0.5) is 0 Å². The molecule has 0 amide bonds. The van der Waals surface area contributed by atoms with Gasteiger partial charge in [-0.2, -0.15) is 0 Å². The fraction of sp³-hybridized carbons (Fsp3) is 1.00. The van der Waals surface area contributed by atoms with Gasteiger partial charge >= 0.3 is 0 Å². The molecule has 66 valence electrons. The van der Waals surface area contributed by atoms with Crippen LogP contribution in [0.5, 0.6) is 0 Å². The lowest BCUT2D eigenvalue weighted by molar-refractivity contribution is 0.0373. The molecule has 11 heavy (non-hydrogen) atoms. The Hall–Kier alpha value is 0.460. The van der Waals surface area contributed by atoms with Crippen LogP contribution in [-0.2, 0) is 15.5 Å². The molecule has 1 unspecified atom stereocenters. The summed E-state index contributed by atoms with van der Waals surface area (Å²) in [4.78, 5) is 0. The van der Waals surface area contributed by atoms with E-state index < -0.39 is 10.8 Å². The topological polar surface area (TPSA) is 26.3 Å². The molecule has 2 nitrogen and oxygen atoms in total. The van der Waals surface area contributed by atoms with Crippen LogP contribution < -0.4 is 0 Å². The van der Waals surface area contributed by atoms with E-state index in [1.807, 2.05) is 6.26 Å². The molecule has 0 radical (unpaired) electrons. The first kappa shape index (κ1) is 9.55. The molecule has 4 heteroatoms. The first-order valence-electron chi connectivity index (χ1n) is 3.56. The SMILES string of the molecule is COC1CC(SC)(S(C)=O)C1. The molecule has 0 spiro atoms. The average molecular weight is 194 g/mol. The van der Waals surface area contributed by atoms with Crippen molar-refractivity contribution in [3.8, 4) is 0 Å². The summed E-state index contributed by atoms with van der Waals surface area (Å²) in [5, 5.41) is 0. The molecule has 0 heterocycles. The van der Waals surface area contributed by atoms with Crippen molar-refractivity contribution in [1.29, 1.82) is 0 Å². The molecule has 1 atom stereocenters. The van der Waals surface area contributed by atoms with Crippen LogP contribution in [0.1, 0.15) is 12.8 Å². The molecule has 0 aromatic carbocycles. The van der Waals surface area contributed by atoms with Crippen molar-refractivity contribution in [2.45, 2.75) is 23.0 Å². The number of ether oxygens (including phenoxy) is 1. The zero-order valence-corrected chi connectivity index (χ0v) is 8.76. The molecule has 0 aromatic rings. The van der Waals surface area contributed by atoms with Crippen LogP contribution in [0.15, 0.2) is 0 Å². The second-order valence-corrected chi connectivity index (χ2v) is 5.97. The minimum absolute atomic E-state index is 0.000671. The Morgan fingerprint density at radius 3 is 2.45 bits per heavy atom. The molecule has 1 saturated carbocycles. The van der Waals surface area contributed by atoms with Gasteiger partial charge < -0.3 is 4.74 Å². The van der Waals surface area contributed by atoms with Crippen LogP contribution >= 0.6 is 11.8 Å². The monoisotopic (exact) mass is 194 g/mol. The fourth-order valence-corrected chi connectivity index (χ4v) is 3.80. The van der Waals surface area contributed by atoms with E-state index in [-0.39, 0.29) is 4.08 Å². The molecule has 0 aliphatic heterocycles. The molecular weight excluding hydrogens is 180 g/mol. The lowest BCUT2D eigenvalue weighted by atomic mass is 9.94. The normalized spacial score (nSPS) is 39.7. The standard InChI is InChI=1S/C7H14O2S2/c1-9-6-4-7(5-6,10-2)11(3)8/h6H,4-5H2,1-3H3. The third kappa shape index (κ3) is 1.63. The van der Waals surface area contributed by atoms with E-state index in [4.69, 9.17) is 4.74 Å². The first-order valence-corrected chi connectivity index (χ1v) is 6.34. The van der Waals surface area contributed by atoms with Crippen molar-refractivity contribution in [2.75, 3.05) is 19.6 Å². The zero-order valence-electron chi connectivity index (χ0n) is 7.12. The van der Waals surface area contributed by atoms with Gasteiger partial charge in [0, 0.05) is 37.0 Å². The Bertz CT molecular complexity index is 164. The largest absolute Gasteiger partial charge is 0.381 e. The quantitative estimate of drug-likeness (QED) is 0.676. The van der Waals surface area contributed by atoms with E-state index in [2.05, 4.69) is 0 Å². The highest BCUT2D eigenvalue weighted by molar-refractivity contribution is 8.12. The van der Waals surface area contributed by atoms with Gasteiger partial charge in [0.2, 0.25) is 0 Å². The third-order valence-electron chi connectivity index (χ3n) is 2.31. The maximum absolute atomic E-state index is 11.3. The molecular formula is C7H14O2S2. The van der Waals surface area contributed by atoms with Crippen LogP contribution in [0.3, 0.4) is 0 Å². The summed E-state index contributed by atoms with van der Waals surface area (Å²) in [7, 11) is 0.994. The lowest BCUT2D eigenvalue weighted by Gasteiger charge is -2.43. The van der Waals surface area contributed by atoms with E-state index >= 15 is 0 Å². The maximum atomic E-state index is 11.3. The van der Waals surface area contributed by atoms with E-state index in [0.29, 0.717) is 6.10 Å². The van der Waals surface area contributed by atoms with Gasteiger partial charge in [-0.3, -0.25) is 4.21 Å². The molecule has 0 bridgehead atoms. The number of hydrogen-bond acceptors (Lipinski definition) is 3. The highest BCUT2D eigenvalue weighted by atomic mass is 32.2. The highest BCUT2D eigenvalue weighted by Gasteiger charge is 2.47. The van der Waals surface area contributed by atoms with Crippen molar-refractivity contribution in [1.82, 2.24) is 0 Å². The van der Waals surface area contributed by atoms with Crippen molar-refractivity contribution in [3.05, 3.63) is 0 Å². The number of rotatable bonds is 3. The molecule has 1 fully saturated rings. The van der Waals surface area contributed by atoms with Crippen molar-refractivity contribution in [2.24, 2.45) is 0 Å². The second-order valence-electron chi connectivity index (χ2n) is 2.83. The Balaban J connectivity index is 2.50. The first-order chi connectivity index (χ1) is 5.14. The summed E-state index contributed by atoms with van der Waals surface area (Å²) in [5.74, 6) is 0. The van der Waals surface area contributed by atoms with Crippen LogP contribution in [0.2, 0.25) is 0 Å². The average Bonchev–Trinajstić information content (AvgIpc) is 1.86. The fourth-order valence-electron chi connectivity index (χ4n) is 1.32. The van der Waals surface area contributed by atoms with Crippen molar-refractivity contribution >= 4 is 22.6 Å². The Kier molecular flexibility index (Phi) is 3.00. The van der Waals surface area contributed by atoms with Gasteiger partial charge in [0.15, 0.2) is 0 Å². The number of thioether (sulfide) groups is 1. The van der Waals surface area contributed by atoms with Crippen LogP contribution in [0.25, 0.3) is 0 Å². The molecule has 1 aliphatic rings. The predicted molar refractivity (Wildman–Crippen MR) is 50.3 cm³/mol. The lowest BCUT2D eigenvalue weighted by Crippen LogP contribution is -2.48. The van der Waals surface area contributed by atoms with Gasteiger partial charge in [-0.05, 0) is 6.26 Å². The molecule has 0 N–H and O–H groups in total. The van der Waals surface area contributed by atoms with E-state index in [1.54, 1.807) is 25.1 Å².